The van der Waals surface area contributed by atoms with Gasteiger partial charge in [0.05, 0.1) is 11.3 Å². The van der Waals surface area contributed by atoms with Crippen molar-refractivity contribution in [1.29, 1.82) is 0 Å². The highest BCUT2D eigenvalue weighted by Gasteiger charge is 2.22. The minimum atomic E-state index is -0.0712. The average Bonchev–Trinajstić information content (AvgIpc) is 2.39. The zero-order valence-corrected chi connectivity index (χ0v) is 10.2. The van der Waals surface area contributed by atoms with E-state index in [0.717, 1.165) is 18.5 Å². The summed E-state index contributed by atoms with van der Waals surface area (Å²) in [5.41, 5.74) is 7.29. The van der Waals surface area contributed by atoms with E-state index in [2.05, 4.69) is 10.3 Å². The lowest BCUT2D eigenvalue weighted by molar-refractivity contribution is 0.0961. The third kappa shape index (κ3) is 2.57. The Bertz CT molecular complexity index is 411. The van der Waals surface area contributed by atoms with Crippen molar-refractivity contribution in [2.75, 3.05) is 12.8 Å². The number of nitrogens with two attached hydrogens (primary N) is 1. The highest BCUT2D eigenvalue weighted by Crippen LogP contribution is 2.33. The number of amides is 1. The molecule has 4 nitrogen and oxygen atoms in total. The monoisotopic (exact) mass is 233 g/mol. The SMILES string of the molecule is CNC(=O)c1ccc(N)nc1C1CCCCC1. The smallest absolute Gasteiger partial charge is 0.252 e. The van der Waals surface area contributed by atoms with Gasteiger partial charge in [-0.1, -0.05) is 19.3 Å². The maximum absolute atomic E-state index is 11.8. The quantitative estimate of drug-likeness (QED) is 0.821. The molecule has 0 spiro atoms. The second-order valence-electron chi connectivity index (χ2n) is 4.58. The van der Waals surface area contributed by atoms with Crippen LogP contribution in [0.15, 0.2) is 12.1 Å². The molecule has 0 bridgehead atoms. The Labute approximate surface area is 102 Å². The lowest BCUT2D eigenvalue weighted by Gasteiger charge is -2.23. The van der Waals surface area contributed by atoms with Crippen LogP contribution in [-0.4, -0.2) is 17.9 Å². The van der Waals surface area contributed by atoms with E-state index in [1.165, 1.54) is 19.3 Å². The molecule has 0 atom stereocenters. The van der Waals surface area contributed by atoms with E-state index >= 15 is 0 Å². The molecule has 0 aliphatic heterocycles. The predicted octanol–water partition coefficient (Wildman–Crippen LogP) is 2.07. The first-order valence-electron chi connectivity index (χ1n) is 6.21. The van der Waals surface area contributed by atoms with Crippen LogP contribution < -0.4 is 11.1 Å². The van der Waals surface area contributed by atoms with E-state index in [9.17, 15) is 4.79 Å². The summed E-state index contributed by atoms with van der Waals surface area (Å²) in [7, 11) is 1.64. The number of pyridine rings is 1. The number of carbonyl (C=O) groups is 1. The summed E-state index contributed by atoms with van der Waals surface area (Å²) >= 11 is 0. The van der Waals surface area contributed by atoms with Crippen LogP contribution in [0.5, 0.6) is 0 Å². The molecular weight excluding hydrogens is 214 g/mol. The van der Waals surface area contributed by atoms with Gasteiger partial charge in [-0.2, -0.15) is 0 Å². The Kier molecular flexibility index (Phi) is 3.61. The number of hydrogen-bond acceptors (Lipinski definition) is 3. The number of anilines is 1. The average molecular weight is 233 g/mol. The van der Waals surface area contributed by atoms with E-state index in [1.54, 1.807) is 19.2 Å². The van der Waals surface area contributed by atoms with Crippen LogP contribution in [0, 0.1) is 0 Å². The van der Waals surface area contributed by atoms with E-state index in [4.69, 9.17) is 5.73 Å². The van der Waals surface area contributed by atoms with Crippen molar-refractivity contribution in [3.63, 3.8) is 0 Å². The summed E-state index contributed by atoms with van der Waals surface area (Å²) in [5, 5.41) is 2.66. The summed E-state index contributed by atoms with van der Waals surface area (Å²) < 4.78 is 0. The number of nitrogens with zero attached hydrogens (tertiary/aromatic N) is 1. The highest BCUT2D eigenvalue weighted by atomic mass is 16.1. The molecule has 0 aromatic carbocycles. The van der Waals surface area contributed by atoms with Crippen LogP contribution in [0.25, 0.3) is 0 Å². The first-order valence-corrected chi connectivity index (χ1v) is 6.21. The summed E-state index contributed by atoms with van der Waals surface area (Å²) in [4.78, 5) is 16.2. The maximum Gasteiger partial charge on any atom is 0.252 e. The molecule has 17 heavy (non-hydrogen) atoms. The zero-order valence-electron chi connectivity index (χ0n) is 10.2. The molecule has 1 saturated carbocycles. The number of hydrogen-bond donors (Lipinski definition) is 2. The fourth-order valence-corrected chi connectivity index (χ4v) is 2.50. The maximum atomic E-state index is 11.8. The van der Waals surface area contributed by atoms with Crippen LogP contribution in [0.1, 0.15) is 54.1 Å². The van der Waals surface area contributed by atoms with Crippen LogP contribution in [0.3, 0.4) is 0 Å². The molecule has 1 aromatic rings. The minimum absolute atomic E-state index is 0.0712. The Morgan fingerprint density at radius 2 is 2.06 bits per heavy atom. The first-order chi connectivity index (χ1) is 8.22. The van der Waals surface area contributed by atoms with E-state index in [0.29, 0.717) is 17.3 Å². The van der Waals surface area contributed by atoms with Gasteiger partial charge in [0.25, 0.3) is 5.91 Å². The molecule has 92 valence electrons. The topological polar surface area (TPSA) is 68.0 Å². The van der Waals surface area contributed by atoms with Gasteiger partial charge in [-0.3, -0.25) is 4.79 Å². The van der Waals surface area contributed by atoms with Gasteiger partial charge in [0.2, 0.25) is 0 Å². The first kappa shape index (κ1) is 11.9. The number of nitrogens with one attached hydrogen (secondary N) is 1. The Morgan fingerprint density at radius 3 is 2.71 bits per heavy atom. The van der Waals surface area contributed by atoms with Crippen LogP contribution in [-0.2, 0) is 0 Å². The zero-order chi connectivity index (χ0) is 12.3. The molecule has 1 heterocycles. The normalized spacial score (nSPS) is 16.8. The minimum Gasteiger partial charge on any atom is -0.384 e. The van der Waals surface area contributed by atoms with Gasteiger partial charge in [0.15, 0.2) is 0 Å². The predicted molar refractivity (Wildman–Crippen MR) is 67.9 cm³/mol. The van der Waals surface area contributed by atoms with Crippen molar-refractivity contribution < 1.29 is 4.79 Å². The molecule has 0 unspecified atom stereocenters. The Morgan fingerprint density at radius 1 is 1.35 bits per heavy atom. The second-order valence-corrected chi connectivity index (χ2v) is 4.58. The third-order valence-corrected chi connectivity index (χ3v) is 3.41. The molecule has 1 aliphatic carbocycles. The van der Waals surface area contributed by atoms with Crippen molar-refractivity contribution in [1.82, 2.24) is 10.3 Å². The summed E-state index contributed by atoms with van der Waals surface area (Å²) in [6.07, 6.45) is 5.94. The molecule has 4 heteroatoms. The molecule has 1 aromatic heterocycles. The standard InChI is InChI=1S/C13H19N3O/c1-15-13(17)10-7-8-11(14)16-12(10)9-5-3-2-4-6-9/h7-9H,2-6H2,1H3,(H2,14,16)(H,15,17). The van der Waals surface area contributed by atoms with E-state index in [1.807, 2.05) is 0 Å². The Balaban J connectivity index is 2.35. The molecule has 1 aliphatic rings. The van der Waals surface area contributed by atoms with Crippen molar-refractivity contribution in [2.24, 2.45) is 0 Å². The molecule has 0 radical (unpaired) electrons. The largest absolute Gasteiger partial charge is 0.384 e. The van der Waals surface area contributed by atoms with E-state index < -0.39 is 0 Å². The van der Waals surface area contributed by atoms with Gasteiger partial charge in [0, 0.05) is 13.0 Å². The second kappa shape index (κ2) is 5.17. The molecule has 2 rings (SSSR count). The number of rotatable bonds is 2. The van der Waals surface area contributed by atoms with Gasteiger partial charge in [0.1, 0.15) is 5.82 Å². The Hall–Kier alpha value is -1.58. The van der Waals surface area contributed by atoms with Crippen molar-refractivity contribution >= 4 is 11.7 Å². The van der Waals surface area contributed by atoms with Gasteiger partial charge < -0.3 is 11.1 Å². The number of aromatic nitrogens is 1. The number of nitrogen functional groups attached to an aromatic ring is 1. The van der Waals surface area contributed by atoms with Crippen molar-refractivity contribution in [3.8, 4) is 0 Å². The number of carbonyl (C=O) groups excluding carboxylic acids is 1. The van der Waals surface area contributed by atoms with Crippen molar-refractivity contribution in [3.05, 3.63) is 23.4 Å². The molecule has 3 N–H and O–H groups in total. The van der Waals surface area contributed by atoms with Crippen molar-refractivity contribution in [2.45, 2.75) is 38.0 Å². The fourth-order valence-electron chi connectivity index (χ4n) is 2.50. The van der Waals surface area contributed by atoms with Gasteiger partial charge in [-0.05, 0) is 25.0 Å². The fraction of sp³-hybridized carbons (Fsp3) is 0.538. The van der Waals surface area contributed by atoms with Crippen LogP contribution >= 0.6 is 0 Å². The lowest BCUT2D eigenvalue weighted by Crippen LogP contribution is -2.22. The van der Waals surface area contributed by atoms with Gasteiger partial charge in [-0.15, -0.1) is 0 Å². The summed E-state index contributed by atoms with van der Waals surface area (Å²) in [5.74, 6) is 0.816. The van der Waals surface area contributed by atoms with Crippen LogP contribution in [0.4, 0.5) is 5.82 Å². The van der Waals surface area contributed by atoms with E-state index in [-0.39, 0.29) is 5.91 Å². The molecule has 1 fully saturated rings. The molecule has 1 amide bonds. The van der Waals surface area contributed by atoms with Crippen LogP contribution in [0.2, 0.25) is 0 Å². The highest BCUT2D eigenvalue weighted by molar-refractivity contribution is 5.95. The van der Waals surface area contributed by atoms with Gasteiger partial charge >= 0.3 is 0 Å². The summed E-state index contributed by atoms with van der Waals surface area (Å²) in [6, 6.07) is 3.47. The molecule has 0 saturated heterocycles. The molecular formula is C13H19N3O. The third-order valence-electron chi connectivity index (χ3n) is 3.41. The van der Waals surface area contributed by atoms with Gasteiger partial charge in [-0.25, -0.2) is 4.98 Å². The summed E-state index contributed by atoms with van der Waals surface area (Å²) in [6.45, 7) is 0. The lowest BCUT2D eigenvalue weighted by atomic mass is 9.85.